The smallest absolute Gasteiger partial charge is 0.223 e. The molecule has 0 spiro atoms. The Morgan fingerprint density at radius 2 is 1.73 bits per heavy atom. The van der Waals surface area contributed by atoms with E-state index in [9.17, 15) is 4.79 Å². The number of unbranched alkanes of at least 4 members (excludes halogenated alkanes) is 3. The van der Waals surface area contributed by atoms with E-state index in [-0.39, 0.29) is 11.8 Å². The number of rotatable bonds is 9. The van der Waals surface area contributed by atoms with Crippen molar-refractivity contribution >= 4 is 21.8 Å². The van der Waals surface area contributed by atoms with E-state index in [0.29, 0.717) is 0 Å². The summed E-state index contributed by atoms with van der Waals surface area (Å²) in [7, 11) is 0. The standard InChI is InChI=1S/C12H24BrNO/c1-3-11(4-2)12(15)14-10-8-6-5-7-9-13/h11H,3-10H2,1-2H3,(H,14,15). The Hall–Kier alpha value is -0.0500. The first-order chi connectivity index (χ1) is 7.26. The topological polar surface area (TPSA) is 29.1 Å². The Labute approximate surface area is 102 Å². The lowest BCUT2D eigenvalue weighted by Crippen LogP contribution is -2.30. The third-order valence-corrected chi connectivity index (χ3v) is 3.28. The van der Waals surface area contributed by atoms with Crippen LogP contribution in [-0.2, 0) is 4.79 Å². The maximum absolute atomic E-state index is 11.6. The lowest BCUT2D eigenvalue weighted by Gasteiger charge is -2.12. The molecule has 0 radical (unpaired) electrons. The summed E-state index contributed by atoms with van der Waals surface area (Å²) in [5.74, 6) is 0.452. The quantitative estimate of drug-likeness (QED) is 0.507. The van der Waals surface area contributed by atoms with Crippen molar-refractivity contribution in [3.8, 4) is 0 Å². The number of carbonyl (C=O) groups is 1. The molecule has 0 saturated heterocycles. The fourth-order valence-electron chi connectivity index (χ4n) is 1.59. The van der Waals surface area contributed by atoms with Crippen LogP contribution in [0, 0.1) is 5.92 Å². The molecule has 0 fully saturated rings. The molecule has 0 saturated carbocycles. The van der Waals surface area contributed by atoms with E-state index in [1.54, 1.807) is 0 Å². The van der Waals surface area contributed by atoms with Crippen LogP contribution in [0.4, 0.5) is 0 Å². The number of amides is 1. The van der Waals surface area contributed by atoms with Gasteiger partial charge in [-0.05, 0) is 25.7 Å². The molecule has 1 amide bonds. The molecule has 0 aromatic carbocycles. The number of hydrogen-bond acceptors (Lipinski definition) is 1. The zero-order valence-electron chi connectivity index (χ0n) is 10.0. The van der Waals surface area contributed by atoms with Gasteiger partial charge in [0.15, 0.2) is 0 Å². The molecular weight excluding hydrogens is 254 g/mol. The van der Waals surface area contributed by atoms with E-state index in [4.69, 9.17) is 0 Å². The molecular formula is C12H24BrNO. The monoisotopic (exact) mass is 277 g/mol. The fraction of sp³-hybridized carbons (Fsp3) is 0.917. The van der Waals surface area contributed by atoms with Gasteiger partial charge in [-0.1, -0.05) is 42.6 Å². The summed E-state index contributed by atoms with van der Waals surface area (Å²) in [5.41, 5.74) is 0. The summed E-state index contributed by atoms with van der Waals surface area (Å²) in [6.07, 6.45) is 6.72. The molecule has 0 bridgehead atoms. The third-order valence-electron chi connectivity index (χ3n) is 2.72. The Morgan fingerprint density at radius 1 is 1.13 bits per heavy atom. The molecule has 90 valence electrons. The second kappa shape index (κ2) is 10.5. The zero-order valence-corrected chi connectivity index (χ0v) is 11.6. The average molecular weight is 278 g/mol. The van der Waals surface area contributed by atoms with Crippen molar-refractivity contribution in [2.75, 3.05) is 11.9 Å². The molecule has 0 rings (SSSR count). The van der Waals surface area contributed by atoms with E-state index in [0.717, 1.165) is 31.1 Å². The summed E-state index contributed by atoms with van der Waals surface area (Å²) in [6.45, 7) is 4.99. The summed E-state index contributed by atoms with van der Waals surface area (Å²) >= 11 is 3.41. The third kappa shape index (κ3) is 7.83. The van der Waals surface area contributed by atoms with Crippen LogP contribution in [0.1, 0.15) is 52.4 Å². The maximum atomic E-state index is 11.6. The molecule has 0 atom stereocenters. The molecule has 0 unspecified atom stereocenters. The highest BCUT2D eigenvalue weighted by Crippen LogP contribution is 2.07. The highest BCUT2D eigenvalue weighted by atomic mass is 79.9. The van der Waals surface area contributed by atoms with Crippen molar-refractivity contribution in [2.24, 2.45) is 5.92 Å². The van der Waals surface area contributed by atoms with Gasteiger partial charge in [-0.2, -0.15) is 0 Å². The minimum Gasteiger partial charge on any atom is -0.356 e. The van der Waals surface area contributed by atoms with Gasteiger partial charge in [0.05, 0.1) is 0 Å². The Balaban J connectivity index is 3.38. The van der Waals surface area contributed by atoms with Crippen molar-refractivity contribution in [3.63, 3.8) is 0 Å². The predicted molar refractivity (Wildman–Crippen MR) is 69.3 cm³/mol. The Bertz CT molecular complexity index is 158. The lowest BCUT2D eigenvalue weighted by molar-refractivity contribution is -0.125. The molecule has 0 aromatic rings. The number of halogens is 1. The van der Waals surface area contributed by atoms with Crippen LogP contribution in [-0.4, -0.2) is 17.8 Å². The van der Waals surface area contributed by atoms with E-state index in [1.165, 1.54) is 19.3 Å². The van der Waals surface area contributed by atoms with Crippen LogP contribution >= 0.6 is 15.9 Å². The molecule has 15 heavy (non-hydrogen) atoms. The van der Waals surface area contributed by atoms with Crippen molar-refractivity contribution in [3.05, 3.63) is 0 Å². The first-order valence-electron chi connectivity index (χ1n) is 6.09. The van der Waals surface area contributed by atoms with Gasteiger partial charge in [0.25, 0.3) is 0 Å². The van der Waals surface area contributed by atoms with Crippen molar-refractivity contribution in [2.45, 2.75) is 52.4 Å². The Kier molecular flexibility index (Phi) is 10.4. The summed E-state index contributed by atoms with van der Waals surface area (Å²) in [5, 5.41) is 4.10. The van der Waals surface area contributed by atoms with Gasteiger partial charge in [0, 0.05) is 17.8 Å². The summed E-state index contributed by atoms with van der Waals surface area (Å²) < 4.78 is 0. The van der Waals surface area contributed by atoms with Gasteiger partial charge in [-0.15, -0.1) is 0 Å². The van der Waals surface area contributed by atoms with Gasteiger partial charge >= 0.3 is 0 Å². The minimum absolute atomic E-state index is 0.215. The number of nitrogens with one attached hydrogen (secondary N) is 1. The largest absolute Gasteiger partial charge is 0.356 e. The molecule has 2 nitrogen and oxygen atoms in total. The van der Waals surface area contributed by atoms with E-state index in [2.05, 4.69) is 35.1 Å². The van der Waals surface area contributed by atoms with Gasteiger partial charge in [0.2, 0.25) is 5.91 Å². The Morgan fingerprint density at radius 3 is 2.27 bits per heavy atom. The summed E-state index contributed by atoms with van der Waals surface area (Å²) in [6, 6.07) is 0. The SMILES string of the molecule is CCC(CC)C(=O)NCCCCCCBr. The van der Waals surface area contributed by atoms with E-state index in [1.807, 2.05) is 0 Å². The second-order valence-corrected chi connectivity index (χ2v) is 4.70. The highest BCUT2D eigenvalue weighted by Gasteiger charge is 2.12. The van der Waals surface area contributed by atoms with Crippen molar-refractivity contribution < 1.29 is 4.79 Å². The van der Waals surface area contributed by atoms with E-state index >= 15 is 0 Å². The van der Waals surface area contributed by atoms with Gasteiger partial charge in [-0.3, -0.25) is 4.79 Å². The van der Waals surface area contributed by atoms with Crippen LogP contribution in [0.5, 0.6) is 0 Å². The van der Waals surface area contributed by atoms with Crippen LogP contribution in [0.15, 0.2) is 0 Å². The first kappa shape index (κ1) is 14.9. The molecule has 0 aliphatic heterocycles. The highest BCUT2D eigenvalue weighted by molar-refractivity contribution is 9.09. The molecule has 0 heterocycles. The zero-order chi connectivity index (χ0) is 11.5. The maximum Gasteiger partial charge on any atom is 0.223 e. The fourth-order valence-corrected chi connectivity index (χ4v) is 1.98. The predicted octanol–water partition coefficient (Wildman–Crippen LogP) is 3.49. The molecule has 3 heteroatoms. The number of hydrogen-bond donors (Lipinski definition) is 1. The molecule has 0 aliphatic rings. The average Bonchev–Trinajstić information content (AvgIpc) is 2.25. The normalized spacial score (nSPS) is 10.7. The van der Waals surface area contributed by atoms with Gasteiger partial charge in [0.1, 0.15) is 0 Å². The van der Waals surface area contributed by atoms with Crippen LogP contribution in [0.3, 0.4) is 0 Å². The minimum atomic E-state index is 0.215. The molecule has 0 aliphatic carbocycles. The van der Waals surface area contributed by atoms with Crippen LogP contribution in [0.25, 0.3) is 0 Å². The first-order valence-corrected chi connectivity index (χ1v) is 7.22. The number of carbonyl (C=O) groups excluding carboxylic acids is 1. The van der Waals surface area contributed by atoms with Crippen molar-refractivity contribution in [1.82, 2.24) is 5.32 Å². The van der Waals surface area contributed by atoms with Crippen molar-refractivity contribution in [1.29, 1.82) is 0 Å². The number of alkyl halides is 1. The van der Waals surface area contributed by atoms with Gasteiger partial charge < -0.3 is 5.32 Å². The van der Waals surface area contributed by atoms with Crippen LogP contribution < -0.4 is 5.32 Å². The second-order valence-electron chi connectivity index (χ2n) is 3.91. The van der Waals surface area contributed by atoms with Crippen LogP contribution in [0.2, 0.25) is 0 Å². The summed E-state index contributed by atoms with van der Waals surface area (Å²) in [4.78, 5) is 11.6. The lowest BCUT2D eigenvalue weighted by atomic mass is 10.0. The molecule has 1 N–H and O–H groups in total. The van der Waals surface area contributed by atoms with Gasteiger partial charge in [-0.25, -0.2) is 0 Å². The molecule has 0 aromatic heterocycles. The van der Waals surface area contributed by atoms with E-state index < -0.39 is 0 Å².